The minimum absolute atomic E-state index is 0.0689. The lowest BCUT2D eigenvalue weighted by Gasteiger charge is -2.10. The van der Waals surface area contributed by atoms with E-state index in [0.717, 1.165) is 12.3 Å². The van der Waals surface area contributed by atoms with Crippen LogP contribution in [-0.4, -0.2) is 29.8 Å². The summed E-state index contributed by atoms with van der Waals surface area (Å²) in [4.78, 5) is 15.1. The molecule has 0 unspecified atom stereocenters. The van der Waals surface area contributed by atoms with Gasteiger partial charge in [-0.05, 0) is 26.0 Å². The number of hydrogen-bond donors (Lipinski definition) is 2. The van der Waals surface area contributed by atoms with Crippen molar-refractivity contribution in [3.8, 4) is 5.75 Å². The van der Waals surface area contributed by atoms with E-state index in [9.17, 15) is 18.0 Å². The Labute approximate surface area is 114 Å². The Morgan fingerprint density at radius 2 is 2.10 bits per heavy atom. The molecule has 0 saturated carbocycles. The van der Waals surface area contributed by atoms with E-state index in [1.165, 1.54) is 6.07 Å². The van der Waals surface area contributed by atoms with E-state index in [-0.39, 0.29) is 24.1 Å². The highest BCUT2D eigenvalue weighted by atomic mass is 19.4. The van der Waals surface area contributed by atoms with E-state index in [4.69, 9.17) is 0 Å². The number of alkyl halides is 3. The molecule has 0 aromatic carbocycles. The average molecular weight is 291 g/mol. The Kier molecular flexibility index (Phi) is 5.60. The van der Waals surface area contributed by atoms with Crippen molar-refractivity contribution in [3.05, 3.63) is 18.3 Å². The SMILES string of the molecule is CC(C)NC(=O)CCNc1ccc(OC(F)(F)F)cn1. The van der Waals surface area contributed by atoms with Gasteiger partial charge in [0, 0.05) is 19.0 Å². The number of rotatable bonds is 6. The highest BCUT2D eigenvalue weighted by Gasteiger charge is 2.31. The molecule has 1 aromatic rings. The van der Waals surface area contributed by atoms with Gasteiger partial charge in [-0.2, -0.15) is 0 Å². The fourth-order valence-corrected chi connectivity index (χ4v) is 1.38. The Balaban J connectivity index is 2.37. The molecule has 1 rings (SSSR count). The molecule has 0 fully saturated rings. The lowest BCUT2D eigenvalue weighted by Crippen LogP contribution is -2.31. The van der Waals surface area contributed by atoms with E-state index in [2.05, 4.69) is 20.4 Å². The Bertz CT molecular complexity index is 433. The molecule has 0 aliphatic rings. The second-order valence-corrected chi connectivity index (χ2v) is 4.33. The van der Waals surface area contributed by atoms with Gasteiger partial charge < -0.3 is 15.4 Å². The lowest BCUT2D eigenvalue weighted by molar-refractivity contribution is -0.274. The predicted octanol–water partition coefficient (Wildman–Crippen LogP) is 2.31. The molecule has 5 nitrogen and oxygen atoms in total. The standard InChI is InChI=1S/C12H16F3N3O2/c1-8(2)18-11(19)5-6-16-10-4-3-9(7-17-10)20-12(13,14)15/h3-4,7-8H,5-6H2,1-2H3,(H,16,17)(H,18,19). The van der Waals surface area contributed by atoms with E-state index in [1.807, 2.05) is 13.8 Å². The van der Waals surface area contributed by atoms with Crippen LogP contribution in [-0.2, 0) is 4.79 Å². The highest BCUT2D eigenvalue weighted by molar-refractivity contribution is 5.76. The van der Waals surface area contributed by atoms with Crippen molar-refractivity contribution < 1.29 is 22.7 Å². The number of carbonyl (C=O) groups excluding carboxylic acids is 1. The van der Waals surface area contributed by atoms with Crippen LogP contribution in [0.15, 0.2) is 18.3 Å². The number of amides is 1. The summed E-state index contributed by atoms with van der Waals surface area (Å²) in [6.45, 7) is 4.05. The number of ether oxygens (including phenoxy) is 1. The second kappa shape index (κ2) is 6.97. The van der Waals surface area contributed by atoms with Gasteiger partial charge in [0.1, 0.15) is 11.6 Å². The first kappa shape index (κ1) is 16.1. The largest absolute Gasteiger partial charge is 0.573 e. The number of hydrogen-bond acceptors (Lipinski definition) is 4. The van der Waals surface area contributed by atoms with Crippen molar-refractivity contribution in [2.45, 2.75) is 32.7 Å². The van der Waals surface area contributed by atoms with Crippen LogP contribution in [0.4, 0.5) is 19.0 Å². The van der Waals surface area contributed by atoms with Gasteiger partial charge in [0.05, 0.1) is 6.20 Å². The summed E-state index contributed by atoms with van der Waals surface area (Å²) < 4.78 is 39.5. The molecule has 1 heterocycles. The minimum Gasteiger partial charge on any atom is -0.404 e. The molecule has 1 amide bonds. The molecule has 112 valence electrons. The van der Waals surface area contributed by atoms with Gasteiger partial charge in [-0.3, -0.25) is 4.79 Å². The number of anilines is 1. The van der Waals surface area contributed by atoms with Crippen LogP contribution in [0.5, 0.6) is 5.75 Å². The fourth-order valence-electron chi connectivity index (χ4n) is 1.38. The van der Waals surface area contributed by atoms with Crippen LogP contribution in [0.25, 0.3) is 0 Å². The monoisotopic (exact) mass is 291 g/mol. The number of carbonyl (C=O) groups is 1. The molecule has 0 radical (unpaired) electrons. The zero-order valence-electron chi connectivity index (χ0n) is 11.1. The van der Waals surface area contributed by atoms with E-state index < -0.39 is 6.36 Å². The van der Waals surface area contributed by atoms with Gasteiger partial charge in [0.25, 0.3) is 0 Å². The summed E-state index contributed by atoms with van der Waals surface area (Å²) in [7, 11) is 0. The summed E-state index contributed by atoms with van der Waals surface area (Å²) >= 11 is 0. The van der Waals surface area contributed by atoms with Crippen LogP contribution < -0.4 is 15.4 Å². The van der Waals surface area contributed by atoms with Gasteiger partial charge in [0.2, 0.25) is 5.91 Å². The molecule has 0 saturated heterocycles. The molecule has 8 heteroatoms. The third-order valence-corrected chi connectivity index (χ3v) is 2.08. The van der Waals surface area contributed by atoms with Crippen molar-refractivity contribution in [1.82, 2.24) is 10.3 Å². The van der Waals surface area contributed by atoms with Gasteiger partial charge in [0.15, 0.2) is 0 Å². The summed E-state index contributed by atoms with van der Waals surface area (Å²) in [6, 6.07) is 2.57. The third-order valence-electron chi connectivity index (χ3n) is 2.08. The van der Waals surface area contributed by atoms with Gasteiger partial charge in [-0.1, -0.05) is 0 Å². The van der Waals surface area contributed by atoms with E-state index in [1.54, 1.807) is 0 Å². The predicted molar refractivity (Wildman–Crippen MR) is 67.3 cm³/mol. The van der Waals surface area contributed by atoms with Crippen molar-refractivity contribution >= 4 is 11.7 Å². The van der Waals surface area contributed by atoms with Gasteiger partial charge >= 0.3 is 6.36 Å². The summed E-state index contributed by atoms with van der Waals surface area (Å²) in [6.07, 6.45) is -3.52. The summed E-state index contributed by atoms with van der Waals surface area (Å²) in [5.41, 5.74) is 0. The Hall–Kier alpha value is -1.99. The van der Waals surface area contributed by atoms with Crippen LogP contribution in [0.3, 0.4) is 0 Å². The van der Waals surface area contributed by atoms with Crippen molar-refractivity contribution in [2.24, 2.45) is 0 Å². The van der Waals surface area contributed by atoms with Crippen LogP contribution in [0.2, 0.25) is 0 Å². The second-order valence-electron chi connectivity index (χ2n) is 4.33. The minimum atomic E-state index is -4.73. The molecule has 20 heavy (non-hydrogen) atoms. The zero-order chi connectivity index (χ0) is 15.2. The molecule has 1 aromatic heterocycles. The molecular formula is C12H16F3N3O2. The van der Waals surface area contributed by atoms with Crippen LogP contribution >= 0.6 is 0 Å². The number of nitrogens with one attached hydrogen (secondary N) is 2. The Morgan fingerprint density at radius 1 is 1.40 bits per heavy atom. The van der Waals surface area contributed by atoms with E-state index in [0.29, 0.717) is 12.4 Å². The molecule has 0 spiro atoms. The van der Waals surface area contributed by atoms with Gasteiger partial charge in [-0.15, -0.1) is 13.2 Å². The molecule has 0 atom stereocenters. The third kappa shape index (κ3) is 6.81. The number of aromatic nitrogens is 1. The number of pyridine rings is 1. The quantitative estimate of drug-likeness (QED) is 0.844. The summed E-state index contributed by atoms with van der Waals surface area (Å²) in [5, 5.41) is 5.55. The average Bonchev–Trinajstić information content (AvgIpc) is 2.28. The first-order chi connectivity index (χ1) is 9.26. The first-order valence-electron chi connectivity index (χ1n) is 6.01. The molecule has 0 aliphatic carbocycles. The maximum absolute atomic E-state index is 11.9. The van der Waals surface area contributed by atoms with Crippen molar-refractivity contribution in [3.63, 3.8) is 0 Å². The molecular weight excluding hydrogens is 275 g/mol. The smallest absolute Gasteiger partial charge is 0.404 e. The van der Waals surface area contributed by atoms with E-state index >= 15 is 0 Å². The van der Waals surface area contributed by atoms with Crippen LogP contribution in [0, 0.1) is 0 Å². The van der Waals surface area contributed by atoms with Crippen LogP contribution in [0.1, 0.15) is 20.3 Å². The number of halogens is 3. The maximum Gasteiger partial charge on any atom is 0.573 e. The normalized spacial score (nSPS) is 11.3. The zero-order valence-corrected chi connectivity index (χ0v) is 11.1. The summed E-state index contributed by atoms with van der Waals surface area (Å²) in [5.74, 6) is -0.123. The molecule has 0 aliphatic heterocycles. The highest BCUT2D eigenvalue weighted by Crippen LogP contribution is 2.22. The number of nitrogens with zero attached hydrogens (tertiary/aromatic N) is 1. The fraction of sp³-hybridized carbons (Fsp3) is 0.500. The molecule has 0 bridgehead atoms. The first-order valence-corrected chi connectivity index (χ1v) is 6.01. The topological polar surface area (TPSA) is 63.2 Å². The van der Waals surface area contributed by atoms with Crippen molar-refractivity contribution in [2.75, 3.05) is 11.9 Å². The Morgan fingerprint density at radius 3 is 2.60 bits per heavy atom. The lowest BCUT2D eigenvalue weighted by atomic mass is 10.3. The molecule has 2 N–H and O–H groups in total. The van der Waals surface area contributed by atoms with Gasteiger partial charge in [-0.25, -0.2) is 4.98 Å². The maximum atomic E-state index is 11.9. The van der Waals surface area contributed by atoms with Crippen molar-refractivity contribution in [1.29, 1.82) is 0 Å².